The molecule has 0 radical (unpaired) electrons. The molecule has 8 nitrogen and oxygen atoms in total. The molecule has 1 unspecified atom stereocenters. The lowest BCUT2D eigenvalue weighted by Crippen LogP contribution is -2.35. The minimum atomic E-state index is -1.20. The number of aliphatic carboxylic acids is 1. The zero-order valence-corrected chi connectivity index (χ0v) is 16.1. The SMILES string of the molecule is COc1ccc(CC(C)C(=O)Nc2cnn(C(C)(C)C(=O)O)c2)cc1OC. The van der Waals surface area contributed by atoms with Gasteiger partial charge in [0.15, 0.2) is 17.0 Å². The van der Waals surface area contributed by atoms with Crippen molar-refractivity contribution in [2.45, 2.75) is 32.7 Å². The van der Waals surface area contributed by atoms with Gasteiger partial charge in [-0.25, -0.2) is 4.79 Å². The predicted molar refractivity (Wildman–Crippen MR) is 100 cm³/mol. The van der Waals surface area contributed by atoms with Crippen LogP contribution in [0.1, 0.15) is 26.3 Å². The number of carboxylic acids is 1. The van der Waals surface area contributed by atoms with Crippen LogP contribution in [0.5, 0.6) is 11.5 Å². The number of nitrogens with one attached hydrogen (secondary N) is 1. The molecular formula is C19H25N3O5. The number of benzene rings is 1. The Morgan fingerprint density at radius 2 is 1.93 bits per heavy atom. The van der Waals surface area contributed by atoms with E-state index in [0.29, 0.717) is 23.6 Å². The second-order valence-electron chi connectivity index (χ2n) is 6.82. The molecular weight excluding hydrogens is 350 g/mol. The summed E-state index contributed by atoms with van der Waals surface area (Å²) in [6.07, 6.45) is 3.46. The molecule has 0 bridgehead atoms. The number of anilines is 1. The summed E-state index contributed by atoms with van der Waals surface area (Å²) in [5.41, 5.74) is 0.195. The fourth-order valence-electron chi connectivity index (χ4n) is 2.51. The van der Waals surface area contributed by atoms with Crippen LogP contribution in [0.25, 0.3) is 0 Å². The van der Waals surface area contributed by atoms with E-state index in [0.717, 1.165) is 5.56 Å². The summed E-state index contributed by atoms with van der Waals surface area (Å²) in [6, 6.07) is 5.53. The Morgan fingerprint density at radius 1 is 1.26 bits per heavy atom. The van der Waals surface area contributed by atoms with Gasteiger partial charge in [0.1, 0.15) is 0 Å². The third-order valence-corrected chi connectivity index (χ3v) is 4.38. The van der Waals surface area contributed by atoms with E-state index in [1.165, 1.54) is 30.9 Å². The molecule has 0 aliphatic heterocycles. The molecule has 0 spiro atoms. The highest BCUT2D eigenvalue weighted by molar-refractivity contribution is 5.92. The van der Waals surface area contributed by atoms with Gasteiger partial charge in [-0.15, -0.1) is 0 Å². The molecule has 0 aliphatic carbocycles. The van der Waals surface area contributed by atoms with Gasteiger partial charge in [-0.1, -0.05) is 13.0 Å². The predicted octanol–water partition coefficient (Wildman–Crippen LogP) is 2.54. The van der Waals surface area contributed by atoms with Crippen LogP contribution in [0, 0.1) is 5.92 Å². The second kappa shape index (κ2) is 8.11. The third kappa shape index (κ3) is 4.58. The highest BCUT2D eigenvalue weighted by Crippen LogP contribution is 2.28. The number of rotatable bonds is 8. The number of methoxy groups -OCH3 is 2. The van der Waals surface area contributed by atoms with Gasteiger partial charge in [0.2, 0.25) is 5.91 Å². The van der Waals surface area contributed by atoms with Crippen molar-refractivity contribution in [3.63, 3.8) is 0 Å². The number of hydrogen-bond acceptors (Lipinski definition) is 5. The van der Waals surface area contributed by atoms with E-state index in [1.54, 1.807) is 20.3 Å². The van der Waals surface area contributed by atoms with Crippen LogP contribution in [0.4, 0.5) is 5.69 Å². The maximum atomic E-state index is 12.5. The molecule has 2 aromatic rings. The van der Waals surface area contributed by atoms with E-state index in [1.807, 2.05) is 19.1 Å². The van der Waals surface area contributed by atoms with Crippen molar-refractivity contribution < 1.29 is 24.2 Å². The maximum Gasteiger partial charge on any atom is 0.331 e. The highest BCUT2D eigenvalue weighted by Gasteiger charge is 2.30. The third-order valence-electron chi connectivity index (χ3n) is 4.38. The zero-order valence-electron chi connectivity index (χ0n) is 16.1. The van der Waals surface area contributed by atoms with Crippen LogP contribution in [0.3, 0.4) is 0 Å². The molecule has 0 saturated carbocycles. The van der Waals surface area contributed by atoms with Gasteiger partial charge in [0, 0.05) is 12.1 Å². The van der Waals surface area contributed by atoms with Crippen molar-refractivity contribution >= 4 is 17.6 Å². The lowest BCUT2D eigenvalue weighted by atomic mass is 10.00. The minimum Gasteiger partial charge on any atom is -0.493 e. The Bertz CT molecular complexity index is 829. The van der Waals surface area contributed by atoms with Gasteiger partial charge >= 0.3 is 5.97 Å². The number of amides is 1. The van der Waals surface area contributed by atoms with Gasteiger partial charge in [-0.05, 0) is 38.0 Å². The number of ether oxygens (including phenoxy) is 2. The van der Waals surface area contributed by atoms with E-state index in [2.05, 4.69) is 10.4 Å². The normalized spacial score (nSPS) is 12.3. The summed E-state index contributed by atoms with van der Waals surface area (Å²) in [5, 5.41) is 16.1. The van der Waals surface area contributed by atoms with Gasteiger partial charge in [-0.3, -0.25) is 9.48 Å². The molecule has 8 heteroatoms. The lowest BCUT2D eigenvalue weighted by molar-refractivity contribution is -0.146. The van der Waals surface area contributed by atoms with Crippen LogP contribution >= 0.6 is 0 Å². The first-order valence-electron chi connectivity index (χ1n) is 8.49. The van der Waals surface area contributed by atoms with Gasteiger partial charge in [0.25, 0.3) is 0 Å². The molecule has 0 aliphatic rings. The summed E-state index contributed by atoms with van der Waals surface area (Å²) >= 11 is 0. The van der Waals surface area contributed by atoms with Gasteiger partial charge in [-0.2, -0.15) is 5.10 Å². The number of carbonyl (C=O) groups excluding carboxylic acids is 1. The van der Waals surface area contributed by atoms with E-state index < -0.39 is 11.5 Å². The molecule has 27 heavy (non-hydrogen) atoms. The number of aromatic nitrogens is 2. The average molecular weight is 375 g/mol. The van der Waals surface area contributed by atoms with E-state index in [-0.39, 0.29) is 11.8 Å². The summed E-state index contributed by atoms with van der Waals surface area (Å²) in [6.45, 7) is 4.89. The molecule has 0 saturated heterocycles. The summed E-state index contributed by atoms with van der Waals surface area (Å²) in [4.78, 5) is 23.8. The van der Waals surface area contributed by atoms with Crippen molar-refractivity contribution in [3.05, 3.63) is 36.2 Å². The zero-order chi connectivity index (χ0) is 20.2. The lowest BCUT2D eigenvalue weighted by Gasteiger charge is -2.19. The Balaban J connectivity index is 2.04. The first kappa shape index (κ1) is 20.3. The van der Waals surface area contributed by atoms with Gasteiger partial charge in [0.05, 0.1) is 26.1 Å². The Hall–Kier alpha value is -3.03. The first-order valence-corrected chi connectivity index (χ1v) is 8.49. The second-order valence-corrected chi connectivity index (χ2v) is 6.82. The highest BCUT2D eigenvalue weighted by atomic mass is 16.5. The smallest absolute Gasteiger partial charge is 0.331 e. The van der Waals surface area contributed by atoms with Crippen LogP contribution in [0.2, 0.25) is 0 Å². The monoisotopic (exact) mass is 375 g/mol. The number of nitrogens with zero attached hydrogens (tertiary/aromatic N) is 2. The molecule has 1 atom stereocenters. The minimum absolute atomic E-state index is 0.183. The maximum absolute atomic E-state index is 12.5. The van der Waals surface area contributed by atoms with E-state index >= 15 is 0 Å². The van der Waals surface area contributed by atoms with Crippen molar-refractivity contribution in [3.8, 4) is 11.5 Å². The number of hydrogen-bond donors (Lipinski definition) is 2. The Labute approximate surface area is 158 Å². The standard InChI is InChI=1S/C19H25N3O5/c1-12(8-13-6-7-15(26-4)16(9-13)27-5)17(23)21-14-10-20-22(11-14)19(2,3)18(24)25/h6-7,9-12H,8H2,1-5H3,(H,21,23)(H,24,25). The molecule has 146 valence electrons. The van der Waals surface area contributed by atoms with Crippen LogP contribution in [-0.4, -0.2) is 41.0 Å². The van der Waals surface area contributed by atoms with Crippen molar-refractivity contribution in [1.82, 2.24) is 9.78 Å². The first-order chi connectivity index (χ1) is 12.7. The topological polar surface area (TPSA) is 103 Å². The molecule has 1 heterocycles. The van der Waals surface area contributed by atoms with Crippen molar-refractivity contribution in [1.29, 1.82) is 0 Å². The van der Waals surface area contributed by atoms with Crippen LogP contribution in [0.15, 0.2) is 30.6 Å². The van der Waals surface area contributed by atoms with Crippen LogP contribution in [-0.2, 0) is 21.5 Å². The van der Waals surface area contributed by atoms with E-state index in [9.17, 15) is 14.7 Å². The quantitative estimate of drug-likeness (QED) is 0.735. The molecule has 1 aromatic carbocycles. The van der Waals surface area contributed by atoms with Crippen molar-refractivity contribution in [2.24, 2.45) is 5.92 Å². The average Bonchev–Trinajstić information content (AvgIpc) is 3.10. The van der Waals surface area contributed by atoms with Crippen molar-refractivity contribution in [2.75, 3.05) is 19.5 Å². The molecule has 0 fully saturated rings. The summed E-state index contributed by atoms with van der Waals surface area (Å²) in [7, 11) is 3.13. The number of carboxylic acid groups (broad SMARTS) is 1. The van der Waals surface area contributed by atoms with Crippen LogP contribution < -0.4 is 14.8 Å². The van der Waals surface area contributed by atoms with E-state index in [4.69, 9.17) is 9.47 Å². The number of carbonyl (C=O) groups is 2. The fraction of sp³-hybridized carbons (Fsp3) is 0.421. The molecule has 1 amide bonds. The summed E-state index contributed by atoms with van der Waals surface area (Å²) in [5.74, 6) is -0.256. The fourth-order valence-corrected chi connectivity index (χ4v) is 2.51. The largest absolute Gasteiger partial charge is 0.493 e. The molecule has 2 N–H and O–H groups in total. The molecule has 1 aromatic heterocycles. The van der Waals surface area contributed by atoms with Gasteiger partial charge < -0.3 is 19.9 Å². The molecule has 2 rings (SSSR count). The Morgan fingerprint density at radius 3 is 2.52 bits per heavy atom. The summed E-state index contributed by atoms with van der Waals surface area (Å²) < 4.78 is 11.8. The Kier molecular flexibility index (Phi) is 6.09.